The van der Waals surface area contributed by atoms with Crippen molar-refractivity contribution in [3.05, 3.63) is 0 Å². The zero-order valence-corrected chi connectivity index (χ0v) is 11.5. The van der Waals surface area contributed by atoms with Gasteiger partial charge in [-0.25, -0.2) is 0 Å². The zero-order valence-electron chi connectivity index (χ0n) is 11.5. The van der Waals surface area contributed by atoms with E-state index in [0.29, 0.717) is 6.42 Å². The summed E-state index contributed by atoms with van der Waals surface area (Å²) in [5.41, 5.74) is 6.24. The summed E-state index contributed by atoms with van der Waals surface area (Å²) in [4.78, 5) is 14.0. The zero-order chi connectivity index (χ0) is 12.9. The maximum atomic E-state index is 12.1. The van der Waals surface area contributed by atoms with Crippen LogP contribution in [-0.4, -0.2) is 43.0 Å². The third-order valence-electron chi connectivity index (χ3n) is 3.00. The van der Waals surface area contributed by atoms with Gasteiger partial charge in [0.15, 0.2) is 0 Å². The van der Waals surface area contributed by atoms with Crippen LogP contribution < -0.4 is 11.1 Å². The summed E-state index contributed by atoms with van der Waals surface area (Å²) in [6.07, 6.45) is 2.42. The van der Waals surface area contributed by atoms with E-state index in [1.165, 1.54) is 0 Å². The molecular formula is C13H27N3O. The molecule has 1 unspecified atom stereocenters. The van der Waals surface area contributed by atoms with Gasteiger partial charge in [0.25, 0.3) is 0 Å². The Morgan fingerprint density at radius 1 is 1.35 bits per heavy atom. The molecule has 0 bridgehead atoms. The van der Waals surface area contributed by atoms with Crippen molar-refractivity contribution in [2.75, 3.05) is 26.2 Å². The highest BCUT2D eigenvalue weighted by Gasteiger charge is 2.21. The third-order valence-corrected chi connectivity index (χ3v) is 3.00. The lowest BCUT2D eigenvalue weighted by Gasteiger charge is -2.26. The standard InChI is InChI=1S/C13H27N3O/c1-13(2,3)10-11(14)9-12(17)16-7-4-5-15-6-8-16/h11,15H,4-10,14H2,1-3H3. The van der Waals surface area contributed by atoms with Gasteiger partial charge < -0.3 is 16.0 Å². The second kappa shape index (κ2) is 6.36. The first-order chi connectivity index (χ1) is 7.88. The Balaban J connectivity index is 2.36. The predicted molar refractivity (Wildman–Crippen MR) is 70.7 cm³/mol. The molecule has 1 amide bonds. The van der Waals surface area contributed by atoms with Gasteiger partial charge in [-0.1, -0.05) is 20.8 Å². The molecule has 0 spiro atoms. The molecule has 4 nitrogen and oxygen atoms in total. The fourth-order valence-electron chi connectivity index (χ4n) is 2.31. The highest BCUT2D eigenvalue weighted by molar-refractivity contribution is 5.76. The lowest BCUT2D eigenvalue weighted by atomic mass is 9.87. The van der Waals surface area contributed by atoms with Gasteiger partial charge in [-0.2, -0.15) is 0 Å². The van der Waals surface area contributed by atoms with Crippen molar-refractivity contribution < 1.29 is 4.79 Å². The van der Waals surface area contributed by atoms with Crippen LogP contribution in [0.25, 0.3) is 0 Å². The highest BCUT2D eigenvalue weighted by atomic mass is 16.2. The van der Waals surface area contributed by atoms with Crippen LogP contribution in [0.1, 0.15) is 40.0 Å². The van der Waals surface area contributed by atoms with E-state index in [1.54, 1.807) is 0 Å². The van der Waals surface area contributed by atoms with E-state index in [-0.39, 0.29) is 17.4 Å². The fourth-order valence-corrected chi connectivity index (χ4v) is 2.31. The number of amides is 1. The van der Waals surface area contributed by atoms with Crippen molar-refractivity contribution in [2.24, 2.45) is 11.1 Å². The molecule has 1 aliphatic rings. The minimum atomic E-state index is -0.0151. The Bertz CT molecular complexity index is 240. The predicted octanol–water partition coefficient (Wildman–Crippen LogP) is 0.962. The number of hydrogen-bond acceptors (Lipinski definition) is 3. The molecule has 100 valence electrons. The summed E-state index contributed by atoms with van der Waals surface area (Å²) >= 11 is 0. The molecule has 1 heterocycles. The van der Waals surface area contributed by atoms with E-state index in [4.69, 9.17) is 5.73 Å². The molecule has 3 N–H and O–H groups in total. The first-order valence-corrected chi connectivity index (χ1v) is 6.62. The van der Waals surface area contributed by atoms with Gasteiger partial charge >= 0.3 is 0 Å². The van der Waals surface area contributed by atoms with Gasteiger partial charge in [-0.05, 0) is 24.8 Å². The summed E-state index contributed by atoms with van der Waals surface area (Å²) in [6, 6.07) is -0.0151. The van der Waals surface area contributed by atoms with Gasteiger partial charge in [0, 0.05) is 32.1 Å². The second-order valence-corrected chi connectivity index (χ2v) is 6.21. The molecule has 1 fully saturated rings. The number of carbonyl (C=O) groups excluding carboxylic acids is 1. The summed E-state index contributed by atoms with van der Waals surface area (Å²) < 4.78 is 0. The third kappa shape index (κ3) is 6.03. The molecule has 17 heavy (non-hydrogen) atoms. The van der Waals surface area contributed by atoms with Crippen LogP contribution in [0.4, 0.5) is 0 Å². The quantitative estimate of drug-likeness (QED) is 0.774. The summed E-state index contributed by atoms with van der Waals surface area (Å²) in [5, 5.41) is 3.30. The van der Waals surface area contributed by atoms with Crippen molar-refractivity contribution in [3.8, 4) is 0 Å². The van der Waals surface area contributed by atoms with Crippen molar-refractivity contribution >= 4 is 5.91 Å². The topological polar surface area (TPSA) is 58.4 Å². The van der Waals surface area contributed by atoms with Gasteiger partial charge in [0.1, 0.15) is 0 Å². The van der Waals surface area contributed by atoms with Gasteiger partial charge in [0.05, 0.1) is 0 Å². The largest absolute Gasteiger partial charge is 0.341 e. The maximum absolute atomic E-state index is 12.1. The summed E-state index contributed by atoms with van der Waals surface area (Å²) in [6.45, 7) is 10.1. The molecule has 0 aromatic carbocycles. The van der Waals surface area contributed by atoms with Crippen molar-refractivity contribution in [3.63, 3.8) is 0 Å². The molecule has 0 radical (unpaired) electrons. The molecule has 0 aliphatic carbocycles. The number of nitrogens with zero attached hydrogens (tertiary/aromatic N) is 1. The SMILES string of the molecule is CC(C)(C)CC(N)CC(=O)N1CCCNCC1. The molecular weight excluding hydrogens is 214 g/mol. The monoisotopic (exact) mass is 241 g/mol. The molecule has 1 atom stereocenters. The Hall–Kier alpha value is -0.610. The Morgan fingerprint density at radius 2 is 2.06 bits per heavy atom. The van der Waals surface area contributed by atoms with Gasteiger partial charge in [0.2, 0.25) is 5.91 Å². The lowest BCUT2D eigenvalue weighted by Crippen LogP contribution is -2.39. The second-order valence-electron chi connectivity index (χ2n) is 6.21. The van der Waals surface area contributed by atoms with E-state index in [1.807, 2.05) is 4.90 Å². The molecule has 0 aromatic rings. The maximum Gasteiger partial charge on any atom is 0.224 e. The normalized spacial score (nSPS) is 19.9. The van der Waals surface area contributed by atoms with Crippen LogP contribution in [0, 0.1) is 5.41 Å². The highest BCUT2D eigenvalue weighted by Crippen LogP contribution is 2.21. The van der Waals surface area contributed by atoms with Crippen LogP contribution in [-0.2, 0) is 4.79 Å². The van der Waals surface area contributed by atoms with Crippen LogP contribution in [0.2, 0.25) is 0 Å². The minimum absolute atomic E-state index is 0.0151. The van der Waals surface area contributed by atoms with Crippen molar-refractivity contribution in [1.82, 2.24) is 10.2 Å². The first-order valence-electron chi connectivity index (χ1n) is 6.62. The molecule has 1 aliphatic heterocycles. The van der Waals surface area contributed by atoms with Crippen LogP contribution in [0.5, 0.6) is 0 Å². The van der Waals surface area contributed by atoms with Crippen LogP contribution in [0.15, 0.2) is 0 Å². The first kappa shape index (κ1) is 14.5. The number of nitrogens with two attached hydrogens (primary N) is 1. The number of rotatable bonds is 3. The van der Waals surface area contributed by atoms with Gasteiger partial charge in [-0.15, -0.1) is 0 Å². The van der Waals surface area contributed by atoms with E-state index < -0.39 is 0 Å². The van der Waals surface area contributed by atoms with Crippen molar-refractivity contribution in [1.29, 1.82) is 0 Å². The van der Waals surface area contributed by atoms with Gasteiger partial charge in [-0.3, -0.25) is 4.79 Å². The van der Waals surface area contributed by atoms with Crippen LogP contribution >= 0.6 is 0 Å². The van der Waals surface area contributed by atoms with E-state index in [0.717, 1.165) is 39.0 Å². The Morgan fingerprint density at radius 3 is 2.71 bits per heavy atom. The molecule has 1 rings (SSSR count). The van der Waals surface area contributed by atoms with E-state index in [9.17, 15) is 4.79 Å². The lowest BCUT2D eigenvalue weighted by molar-refractivity contribution is -0.131. The number of nitrogens with one attached hydrogen (secondary N) is 1. The molecule has 0 saturated carbocycles. The smallest absolute Gasteiger partial charge is 0.224 e. The van der Waals surface area contributed by atoms with E-state index >= 15 is 0 Å². The number of carbonyl (C=O) groups is 1. The summed E-state index contributed by atoms with van der Waals surface area (Å²) in [7, 11) is 0. The van der Waals surface area contributed by atoms with Crippen LogP contribution in [0.3, 0.4) is 0 Å². The fraction of sp³-hybridized carbons (Fsp3) is 0.923. The minimum Gasteiger partial charge on any atom is -0.341 e. The number of hydrogen-bond donors (Lipinski definition) is 2. The Kier molecular flexibility index (Phi) is 5.40. The average molecular weight is 241 g/mol. The van der Waals surface area contributed by atoms with Crippen molar-refractivity contribution in [2.45, 2.75) is 46.1 Å². The summed E-state index contributed by atoms with van der Waals surface area (Å²) in [5.74, 6) is 0.213. The average Bonchev–Trinajstić information content (AvgIpc) is 2.41. The van der Waals surface area contributed by atoms with E-state index in [2.05, 4.69) is 26.1 Å². The molecule has 0 aromatic heterocycles. The Labute approximate surface area is 105 Å². The molecule has 1 saturated heterocycles. The molecule has 4 heteroatoms.